The fourth-order valence-electron chi connectivity index (χ4n) is 2.28. The average Bonchev–Trinajstić information content (AvgIpc) is 2.24. The molecule has 1 aromatic carbocycles. The number of benzene rings is 1. The number of amides is 1. The number of hydrogen-bond donors (Lipinski definition) is 2. The summed E-state index contributed by atoms with van der Waals surface area (Å²) >= 11 is 0. The van der Waals surface area contributed by atoms with E-state index in [1.54, 1.807) is 24.3 Å². The standard InChI is InChI=1S/C15H24N2O/c1-11(2)9-15(3,4)10-17-14(18)12-6-5-7-13(16)8-12/h5-8,11H,9-10,16H2,1-4H3,(H,17,18). The largest absolute Gasteiger partial charge is 0.399 e. The quantitative estimate of drug-likeness (QED) is 0.787. The van der Waals surface area contributed by atoms with Gasteiger partial charge in [0.05, 0.1) is 0 Å². The highest BCUT2D eigenvalue weighted by molar-refractivity contribution is 5.94. The summed E-state index contributed by atoms with van der Waals surface area (Å²) in [6.45, 7) is 9.42. The first-order valence-electron chi connectivity index (χ1n) is 6.44. The molecule has 0 unspecified atom stereocenters. The second-order valence-corrected chi connectivity index (χ2v) is 6.07. The maximum Gasteiger partial charge on any atom is 0.251 e. The molecule has 0 heterocycles. The SMILES string of the molecule is CC(C)CC(C)(C)CNC(=O)c1cccc(N)c1. The van der Waals surface area contributed by atoms with Gasteiger partial charge in [0.1, 0.15) is 0 Å². The van der Waals surface area contributed by atoms with Crippen LogP contribution in [0, 0.1) is 11.3 Å². The summed E-state index contributed by atoms with van der Waals surface area (Å²) in [4.78, 5) is 12.0. The molecule has 0 saturated heterocycles. The van der Waals surface area contributed by atoms with Crippen molar-refractivity contribution in [2.24, 2.45) is 11.3 Å². The van der Waals surface area contributed by atoms with Crippen molar-refractivity contribution in [2.45, 2.75) is 34.1 Å². The third-order valence-corrected chi connectivity index (χ3v) is 2.84. The van der Waals surface area contributed by atoms with Crippen LogP contribution in [0.15, 0.2) is 24.3 Å². The van der Waals surface area contributed by atoms with E-state index in [0.717, 1.165) is 6.42 Å². The zero-order valence-electron chi connectivity index (χ0n) is 11.8. The Morgan fingerprint density at radius 1 is 1.39 bits per heavy atom. The minimum atomic E-state index is -0.0564. The van der Waals surface area contributed by atoms with Crippen LogP contribution in [0.1, 0.15) is 44.5 Å². The van der Waals surface area contributed by atoms with Crippen LogP contribution >= 0.6 is 0 Å². The van der Waals surface area contributed by atoms with Gasteiger partial charge in [-0.05, 0) is 36.0 Å². The highest BCUT2D eigenvalue weighted by Gasteiger charge is 2.20. The van der Waals surface area contributed by atoms with E-state index >= 15 is 0 Å². The topological polar surface area (TPSA) is 55.1 Å². The summed E-state index contributed by atoms with van der Waals surface area (Å²) < 4.78 is 0. The van der Waals surface area contributed by atoms with Gasteiger partial charge in [0, 0.05) is 17.8 Å². The Balaban J connectivity index is 2.56. The third kappa shape index (κ3) is 4.78. The molecule has 0 aliphatic carbocycles. The first-order chi connectivity index (χ1) is 8.30. The minimum Gasteiger partial charge on any atom is -0.399 e. The molecule has 100 valence electrons. The fourth-order valence-corrected chi connectivity index (χ4v) is 2.28. The van der Waals surface area contributed by atoms with Gasteiger partial charge < -0.3 is 11.1 Å². The number of rotatable bonds is 5. The van der Waals surface area contributed by atoms with Crippen molar-refractivity contribution in [3.8, 4) is 0 Å². The Hall–Kier alpha value is -1.51. The van der Waals surface area contributed by atoms with Gasteiger partial charge in [0.25, 0.3) is 5.91 Å². The zero-order chi connectivity index (χ0) is 13.8. The van der Waals surface area contributed by atoms with Crippen LogP contribution in [0.5, 0.6) is 0 Å². The molecule has 0 aliphatic rings. The van der Waals surface area contributed by atoms with Crippen molar-refractivity contribution in [1.29, 1.82) is 0 Å². The number of carbonyl (C=O) groups is 1. The summed E-state index contributed by atoms with van der Waals surface area (Å²) in [6, 6.07) is 7.05. The Kier molecular flexibility index (Phi) is 4.76. The molecule has 0 aliphatic heterocycles. The van der Waals surface area contributed by atoms with Crippen molar-refractivity contribution in [3.05, 3.63) is 29.8 Å². The van der Waals surface area contributed by atoms with Crippen LogP contribution in [0.4, 0.5) is 5.69 Å². The first-order valence-corrected chi connectivity index (χ1v) is 6.44. The first kappa shape index (κ1) is 14.6. The van der Waals surface area contributed by atoms with Gasteiger partial charge in [-0.3, -0.25) is 4.79 Å². The zero-order valence-corrected chi connectivity index (χ0v) is 11.8. The molecule has 0 saturated carbocycles. The van der Waals surface area contributed by atoms with Gasteiger partial charge >= 0.3 is 0 Å². The minimum absolute atomic E-state index is 0.0564. The second-order valence-electron chi connectivity index (χ2n) is 6.07. The molecule has 18 heavy (non-hydrogen) atoms. The molecule has 0 spiro atoms. The maximum absolute atomic E-state index is 12.0. The van der Waals surface area contributed by atoms with E-state index in [0.29, 0.717) is 23.7 Å². The number of nitrogens with one attached hydrogen (secondary N) is 1. The van der Waals surface area contributed by atoms with E-state index in [1.165, 1.54) is 0 Å². The van der Waals surface area contributed by atoms with Crippen molar-refractivity contribution in [3.63, 3.8) is 0 Å². The van der Waals surface area contributed by atoms with E-state index in [4.69, 9.17) is 5.73 Å². The molecule has 1 rings (SSSR count). The van der Waals surface area contributed by atoms with Crippen LogP contribution < -0.4 is 11.1 Å². The summed E-state index contributed by atoms with van der Waals surface area (Å²) in [5.74, 6) is 0.573. The number of anilines is 1. The number of nitrogens with two attached hydrogens (primary N) is 1. The highest BCUT2D eigenvalue weighted by atomic mass is 16.1. The fraction of sp³-hybridized carbons (Fsp3) is 0.533. The number of hydrogen-bond acceptors (Lipinski definition) is 2. The van der Waals surface area contributed by atoms with E-state index in [9.17, 15) is 4.79 Å². The molecular weight excluding hydrogens is 224 g/mol. The van der Waals surface area contributed by atoms with Crippen LogP contribution in [-0.4, -0.2) is 12.5 Å². The van der Waals surface area contributed by atoms with Gasteiger partial charge in [-0.1, -0.05) is 33.8 Å². The summed E-state index contributed by atoms with van der Waals surface area (Å²) in [6.07, 6.45) is 1.09. The summed E-state index contributed by atoms with van der Waals surface area (Å²) in [5.41, 5.74) is 7.02. The lowest BCUT2D eigenvalue weighted by molar-refractivity contribution is 0.0931. The average molecular weight is 248 g/mol. The third-order valence-electron chi connectivity index (χ3n) is 2.84. The van der Waals surface area contributed by atoms with Gasteiger partial charge in [0.2, 0.25) is 0 Å². The molecule has 0 atom stereocenters. The Labute approximate surface area is 110 Å². The lowest BCUT2D eigenvalue weighted by Gasteiger charge is -2.27. The lowest BCUT2D eigenvalue weighted by Crippen LogP contribution is -2.34. The van der Waals surface area contributed by atoms with E-state index < -0.39 is 0 Å². The molecule has 3 N–H and O–H groups in total. The molecule has 0 bridgehead atoms. The van der Waals surface area contributed by atoms with Gasteiger partial charge in [-0.15, -0.1) is 0 Å². The second kappa shape index (κ2) is 5.89. The molecule has 0 aromatic heterocycles. The van der Waals surface area contributed by atoms with Crippen LogP contribution in [0.3, 0.4) is 0 Å². The lowest BCUT2D eigenvalue weighted by atomic mass is 9.84. The van der Waals surface area contributed by atoms with Crippen LogP contribution in [0.2, 0.25) is 0 Å². The Morgan fingerprint density at radius 3 is 2.61 bits per heavy atom. The van der Waals surface area contributed by atoms with Crippen LogP contribution in [0.25, 0.3) is 0 Å². The molecule has 1 aromatic rings. The van der Waals surface area contributed by atoms with Crippen LogP contribution in [-0.2, 0) is 0 Å². The number of nitrogen functional groups attached to an aromatic ring is 1. The van der Waals surface area contributed by atoms with Gasteiger partial charge in [-0.2, -0.15) is 0 Å². The Bertz CT molecular complexity index is 411. The van der Waals surface area contributed by atoms with Gasteiger partial charge in [-0.25, -0.2) is 0 Å². The summed E-state index contributed by atoms with van der Waals surface area (Å²) in [5, 5.41) is 2.98. The van der Waals surface area contributed by atoms with Crippen molar-refractivity contribution in [1.82, 2.24) is 5.32 Å². The Morgan fingerprint density at radius 2 is 2.06 bits per heavy atom. The molecular formula is C15H24N2O. The van der Waals surface area contributed by atoms with E-state index in [2.05, 4.69) is 33.0 Å². The molecule has 0 fully saturated rings. The molecule has 3 heteroatoms. The maximum atomic E-state index is 12.0. The summed E-state index contributed by atoms with van der Waals surface area (Å²) in [7, 11) is 0. The van der Waals surface area contributed by atoms with Crippen molar-refractivity contribution in [2.75, 3.05) is 12.3 Å². The monoisotopic (exact) mass is 248 g/mol. The normalized spacial score (nSPS) is 11.6. The highest BCUT2D eigenvalue weighted by Crippen LogP contribution is 2.24. The van der Waals surface area contributed by atoms with Crippen molar-refractivity contribution < 1.29 is 4.79 Å². The predicted octanol–water partition coefficient (Wildman–Crippen LogP) is 3.07. The number of carbonyl (C=O) groups excluding carboxylic acids is 1. The van der Waals surface area contributed by atoms with E-state index in [1.807, 2.05) is 0 Å². The predicted molar refractivity (Wildman–Crippen MR) is 76.4 cm³/mol. The molecule has 3 nitrogen and oxygen atoms in total. The van der Waals surface area contributed by atoms with E-state index in [-0.39, 0.29) is 11.3 Å². The van der Waals surface area contributed by atoms with Crippen molar-refractivity contribution >= 4 is 11.6 Å². The smallest absolute Gasteiger partial charge is 0.251 e. The molecule has 1 amide bonds. The molecule has 0 radical (unpaired) electrons. The van der Waals surface area contributed by atoms with Gasteiger partial charge in [0.15, 0.2) is 0 Å².